The number of benzene rings is 1. The molecule has 2 aromatic heterocycles. The van der Waals surface area contributed by atoms with E-state index in [2.05, 4.69) is 15.5 Å². The Balaban J connectivity index is 1.84. The van der Waals surface area contributed by atoms with Crippen LogP contribution in [0, 0.1) is 12.7 Å². The molecule has 6 nitrogen and oxygen atoms in total. The van der Waals surface area contributed by atoms with Crippen LogP contribution in [-0.4, -0.2) is 47.1 Å². The molecule has 3 heterocycles. The highest BCUT2D eigenvalue weighted by atomic mass is 19.1. The van der Waals surface area contributed by atoms with Gasteiger partial charge in [-0.3, -0.25) is 4.79 Å². The molecule has 0 unspecified atom stereocenters. The molecule has 7 heteroatoms. The Labute approximate surface area is 143 Å². The molecule has 0 saturated carbocycles. The number of amides is 1. The lowest BCUT2D eigenvalue weighted by Crippen LogP contribution is -2.46. The zero-order valence-corrected chi connectivity index (χ0v) is 13.8. The van der Waals surface area contributed by atoms with Crippen LogP contribution in [0.2, 0.25) is 0 Å². The van der Waals surface area contributed by atoms with Gasteiger partial charge in [0, 0.05) is 31.7 Å². The zero-order chi connectivity index (χ0) is 17.4. The fourth-order valence-electron chi connectivity index (χ4n) is 3.07. The van der Waals surface area contributed by atoms with Crippen LogP contribution in [0.4, 0.5) is 4.39 Å². The van der Waals surface area contributed by atoms with Crippen LogP contribution in [0.15, 0.2) is 34.9 Å². The van der Waals surface area contributed by atoms with Gasteiger partial charge in [0.05, 0.1) is 22.3 Å². The maximum absolute atomic E-state index is 13.2. The van der Waals surface area contributed by atoms with E-state index in [1.165, 1.54) is 12.1 Å². The average Bonchev–Trinajstić information content (AvgIpc) is 3.03. The summed E-state index contributed by atoms with van der Waals surface area (Å²) in [4.78, 5) is 19.3. The first-order chi connectivity index (χ1) is 12.1. The van der Waals surface area contributed by atoms with Gasteiger partial charge in [0.1, 0.15) is 5.82 Å². The highest BCUT2D eigenvalue weighted by Gasteiger charge is 2.24. The van der Waals surface area contributed by atoms with Gasteiger partial charge >= 0.3 is 0 Å². The van der Waals surface area contributed by atoms with Gasteiger partial charge in [-0.2, -0.15) is 0 Å². The molecule has 0 spiro atoms. The second kappa shape index (κ2) is 6.25. The van der Waals surface area contributed by atoms with Crippen molar-refractivity contribution in [1.29, 1.82) is 0 Å². The maximum atomic E-state index is 13.2. The molecule has 128 valence electrons. The van der Waals surface area contributed by atoms with Crippen LogP contribution in [0.1, 0.15) is 16.1 Å². The van der Waals surface area contributed by atoms with E-state index in [1.54, 1.807) is 25.1 Å². The number of carbonyl (C=O) groups is 1. The number of fused-ring (bicyclic) bond motifs is 1. The molecule has 0 radical (unpaired) electrons. The van der Waals surface area contributed by atoms with Gasteiger partial charge in [-0.1, -0.05) is 5.16 Å². The van der Waals surface area contributed by atoms with Crippen molar-refractivity contribution in [3.63, 3.8) is 0 Å². The van der Waals surface area contributed by atoms with E-state index in [4.69, 9.17) is 4.52 Å². The summed E-state index contributed by atoms with van der Waals surface area (Å²) in [6.07, 6.45) is 0. The summed E-state index contributed by atoms with van der Waals surface area (Å²) in [5.41, 5.74) is 2.74. The fraction of sp³-hybridized carbons (Fsp3) is 0.278. The lowest BCUT2D eigenvalue weighted by atomic mass is 10.0. The minimum atomic E-state index is -0.322. The van der Waals surface area contributed by atoms with Gasteiger partial charge in [0.2, 0.25) is 0 Å². The Morgan fingerprint density at radius 1 is 1.24 bits per heavy atom. The minimum absolute atomic E-state index is 0.0661. The number of nitrogens with one attached hydrogen (secondary N) is 1. The van der Waals surface area contributed by atoms with Gasteiger partial charge in [0.25, 0.3) is 11.6 Å². The molecule has 0 bridgehead atoms. The summed E-state index contributed by atoms with van der Waals surface area (Å²) >= 11 is 0. The Hall–Kier alpha value is -2.80. The highest BCUT2D eigenvalue weighted by Crippen LogP contribution is 2.28. The van der Waals surface area contributed by atoms with E-state index in [0.717, 1.165) is 13.1 Å². The SMILES string of the molecule is Cc1noc2nc(-c3ccc(F)cc3)cc(C(=O)N3CCNCC3)c12. The van der Waals surface area contributed by atoms with E-state index in [9.17, 15) is 9.18 Å². The molecule has 3 aromatic rings. The van der Waals surface area contributed by atoms with Crippen molar-refractivity contribution in [3.05, 3.63) is 47.4 Å². The number of rotatable bonds is 2. The number of carbonyl (C=O) groups excluding carboxylic acids is 1. The average molecular weight is 340 g/mol. The van der Waals surface area contributed by atoms with E-state index < -0.39 is 0 Å². The Morgan fingerprint density at radius 3 is 2.68 bits per heavy atom. The van der Waals surface area contributed by atoms with Gasteiger partial charge in [-0.15, -0.1) is 0 Å². The lowest BCUT2D eigenvalue weighted by molar-refractivity contribution is 0.0737. The molecule has 0 aliphatic carbocycles. The third-order valence-corrected chi connectivity index (χ3v) is 4.39. The second-order valence-electron chi connectivity index (χ2n) is 6.05. The number of nitrogens with zero attached hydrogens (tertiary/aromatic N) is 3. The van der Waals surface area contributed by atoms with Gasteiger partial charge in [-0.05, 0) is 37.3 Å². The number of piperazine rings is 1. The second-order valence-corrected chi connectivity index (χ2v) is 6.05. The maximum Gasteiger partial charge on any atom is 0.259 e. The predicted octanol–water partition coefficient (Wildman–Crippen LogP) is 2.38. The van der Waals surface area contributed by atoms with E-state index in [-0.39, 0.29) is 11.7 Å². The summed E-state index contributed by atoms with van der Waals surface area (Å²) in [6, 6.07) is 7.73. The van der Waals surface area contributed by atoms with Gasteiger partial charge in [0.15, 0.2) is 0 Å². The van der Waals surface area contributed by atoms with E-state index in [1.807, 2.05) is 4.90 Å². The molecule has 1 aliphatic heterocycles. The van der Waals surface area contributed by atoms with Crippen LogP contribution < -0.4 is 5.32 Å². The number of aryl methyl sites for hydroxylation is 1. The molecule has 1 aromatic carbocycles. The monoisotopic (exact) mass is 340 g/mol. The predicted molar refractivity (Wildman–Crippen MR) is 90.7 cm³/mol. The first kappa shape index (κ1) is 15.7. The molecule has 1 aliphatic rings. The van der Waals surface area contributed by atoms with Crippen LogP contribution >= 0.6 is 0 Å². The molecule has 1 N–H and O–H groups in total. The van der Waals surface area contributed by atoms with Gasteiger partial charge < -0.3 is 14.7 Å². The van der Waals surface area contributed by atoms with Crippen LogP contribution in [0.25, 0.3) is 22.4 Å². The summed E-state index contributed by atoms with van der Waals surface area (Å²) in [6.45, 7) is 4.64. The number of hydrogen-bond donors (Lipinski definition) is 1. The third kappa shape index (κ3) is 2.87. The summed E-state index contributed by atoms with van der Waals surface area (Å²) in [5.74, 6) is -0.388. The smallest absolute Gasteiger partial charge is 0.259 e. The Bertz CT molecular complexity index is 930. The van der Waals surface area contributed by atoms with Crippen molar-refractivity contribution in [1.82, 2.24) is 20.4 Å². The summed E-state index contributed by atoms with van der Waals surface area (Å²) in [5, 5.41) is 7.82. The Morgan fingerprint density at radius 2 is 1.96 bits per heavy atom. The van der Waals surface area contributed by atoms with Crippen molar-refractivity contribution in [2.75, 3.05) is 26.2 Å². The molecule has 1 fully saturated rings. The van der Waals surface area contributed by atoms with Crippen molar-refractivity contribution in [2.24, 2.45) is 0 Å². The standard InChI is InChI=1S/C18H17FN4O2/c1-11-16-14(18(24)23-8-6-20-7-9-23)10-15(21-17(16)25-22-11)12-2-4-13(19)5-3-12/h2-5,10,20H,6-9H2,1H3. The van der Waals surface area contributed by atoms with E-state index in [0.29, 0.717) is 46.7 Å². The summed E-state index contributed by atoms with van der Waals surface area (Å²) < 4.78 is 18.5. The molecule has 25 heavy (non-hydrogen) atoms. The van der Waals surface area contributed by atoms with E-state index >= 15 is 0 Å². The van der Waals surface area contributed by atoms with Crippen molar-refractivity contribution >= 4 is 17.0 Å². The van der Waals surface area contributed by atoms with Crippen molar-refractivity contribution < 1.29 is 13.7 Å². The third-order valence-electron chi connectivity index (χ3n) is 4.39. The van der Waals surface area contributed by atoms with Crippen LogP contribution in [0.5, 0.6) is 0 Å². The molecule has 1 saturated heterocycles. The summed E-state index contributed by atoms with van der Waals surface area (Å²) in [7, 11) is 0. The largest absolute Gasteiger partial charge is 0.336 e. The number of aromatic nitrogens is 2. The molecule has 1 amide bonds. The van der Waals surface area contributed by atoms with Crippen LogP contribution in [0.3, 0.4) is 0 Å². The fourth-order valence-corrected chi connectivity index (χ4v) is 3.07. The van der Waals surface area contributed by atoms with Crippen LogP contribution in [-0.2, 0) is 0 Å². The van der Waals surface area contributed by atoms with Gasteiger partial charge in [-0.25, -0.2) is 9.37 Å². The molecular formula is C18H17FN4O2. The van der Waals surface area contributed by atoms with Crippen molar-refractivity contribution in [2.45, 2.75) is 6.92 Å². The van der Waals surface area contributed by atoms with Crippen molar-refractivity contribution in [3.8, 4) is 11.3 Å². The number of halogens is 1. The molecule has 0 atom stereocenters. The zero-order valence-electron chi connectivity index (χ0n) is 13.8. The highest BCUT2D eigenvalue weighted by molar-refractivity contribution is 6.07. The molecule has 4 rings (SSSR count). The lowest BCUT2D eigenvalue weighted by Gasteiger charge is -2.27. The number of hydrogen-bond acceptors (Lipinski definition) is 5. The number of pyridine rings is 1. The first-order valence-corrected chi connectivity index (χ1v) is 8.16. The normalized spacial score (nSPS) is 14.9. The quantitative estimate of drug-likeness (QED) is 0.775. The molecular weight excluding hydrogens is 323 g/mol. The topological polar surface area (TPSA) is 71.3 Å². The Kier molecular flexibility index (Phi) is 3.93. The first-order valence-electron chi connectivity index (χ1n) is 8.16. The minimum Gasteiger partial charge on any atom is -0.336 e.